The molecule has 0 amide bonds. The Kier molecular flexibility index (Phi) is 8.76. The minimum Gasteiger partial charge on any atom is -0.463 e. The van der Waals surface area contributed by atoms with Crippen molar-refractivity contribution in [1.82, 2.24) is 0 Å². The van der Waals surface area contributed by atoms with E-state index in [4.69, 9.17) is 4.74 Å². The molecule has 5 nitrogen and oxygen atoms in total. The van der Waals surface area contributed by atoms with Crippen molar-refractivity contribution in [2.45, 2.75) is 26.7 Å². The van der Waals surface area contributed by atoms with Gasteiger partial charge < -0.3 is 14.2 Å². The predicted molar refractivity (Wildman–Crippen MR) is 53.3 cm³/mol. The SMILES string of the molecule is CCOCCCC(=O)OCC(=O)OCC. The number of carbonyl (C=O) groups is 2. The first kappa shape index (κ1) is 13.9. The van der Waals surface area contributed by atoms with Crippen LogP contribution in [0.2, 0.25) is 0 Å². The van der Waals surface area contributed by atoms with Crippen molar-refractivity contribution < 1.29 is 23.8 Å². The van der Waals surface area contributed by atoms with Crippen LogP contribution in [0.25, 0.3) is 0 Å². The number of esters is 2. The molecule has 0 heterocycles. The smallest absolute Gasteiger partial charge is 0.344 e. The molecular weight excluding hydrogens is 200 g/mol. The molecule has 0 aliphatic carbocycles. The van der Waals surface area contributed by atoms with Crippen molar-refractivity contribution >= 4 is 11.9 Å². The lowest BCUT2D eigenvalue weighted by atomic mass is 10.3. The molecule has 0 unspecified atom stereocenters. The molecule has 0 aromatic carbocycles. The topological polar surface area (TPSA) is 61.8 Å². The molecule has 88 valence electrons. The summed E-state index contributed by atoms with van der Waals surface area (Å²) in [6, 6.07) is 0. The maximum absolute atomic E-state index is 11.0. The van der Waals surface area contributed by atoms with Crippen LogP contribution >= 0.6 is 0 Å². The zero-order chi connectivity index (χ0) is 11.5. The monoisotopic (exact) mass is 218 g/mol. The number of ether oxygens (including phenoxy) is 3. The first-order valence-corrected chi connectivity index (χ1v) is 5.09. The molecule has 0 radical (unpaired) electrons. The molecule has 0 aromatic rings. The van der Waals surface area contributed by atoms with Crippen molar-refractivity contribution in [1.29, 1.82) is 0 Å². The van der Waals surface area contributed by atoms with E-state index < -0.39 is 11.9 Å². The van der Waals surface area contributed by atoms with E-state index in [9.17, 15) is 9.59 Å². The van der Waals surface area contributed by atoms with Crippen LogP contribution in [0.1, 0.15) is 26.7 Å². The van der Waals surface area contributed by atoms with Crippen molar-refractivity contribution in [3.8, 4) is 0 Å². The van der Waals surface area contributed by atoms with Gasteiger partial charge in [0.25, 0.3) is 0 Å². The van der Waals surface area contributed by atoms with Crippen LogP contribution in [0, 0.1) is 0 Å². The third-order valence-electron chi connectivity index (χ3n) is 1.53. The molecule has 0 bridgehead atoms. The second kappa shape index (κ2) is 9.45. The average Bonchev–Trinajstić information content (AvgIpc) is 2.22. The molecule has 15 heavy (non-hydrogen) atoms. The van der Waals surface area contributed by atoms with Gasteiger partial charge in [0.05, 0.1) is 6.61 Å². The van der Waals surface area contributed by atoms with Crippen LogP contribution in [-0.4, -0.2) is 38.4 Å². The van der Waals surface area contributed by atoms with E-state index in [0.29, 0.717) is 26.2 Å². The highest BCUT2D eigenvalue weighted by Crippen LogP contribution is 1.94. The molecular formula is C10H18O5. The Hall–Kier alpha value is -1.10. The van der Waals surface area contributed by atoms with Crippen molar-refractivity contribution in [3.05, 3.63) is 0 Å². The summed E-state index contributed by atoms with van der Waals surface area (Å²) in [5.74, 6) is -0.918. The minimum absolute atomic E-state index is 0.263. The number of carbonyl (C=O) groups excluding carboxylic acids is 2. The van der Waals surface area contributed by atoms with Crippen LogP contribution in [0.5, 0.6) is 0 Å². The van der Waals surface area contributed by atoms with E-state index in [-0.39, 0.29) is 13.0 Å². The van der Waals surface area contributed by atoms with E-state index in [2.05, 4.69) is 9.47 Å². The van der Waals surface area contributed by atoms with Gasteiger partial charge in [-0.05, 0) is 20.3 Å². The van der Waals surface area contributed by atoms with E-state index in [1.54, 1.807) is 6.92 Å². The Bertz CT molecular complexity index is 190. The van der Waals surface area contributed by atoms with Crippen molar-refractivity contribution in [3.63, 3.8) is 0 Å². The van der Waals surface area contributed by atoms with Crippen LogP contribution < -0.4 is 0 Å². The second-order valence-corrected chi connectivity index (χ2v) is 2.77. The van der Waals surface area contributed by atoms with Gasteiger partial charge in [-0.25, -0.2) is 4.79 Å². The maximum atomic E-state index is 11.0. The predicted octanol–water partition coefficient (Wildman–Crippen LogP) is 0.909. The van der Waals surface area contributed by atoms with Gasteiger partial charge in [-0.15, -0.1) is 0 Å². The number of hydrogen-bond acceptors (Lipinski definition) is 5. The summed E-state index contributed by atoms with van der Waals surface area (Å²) in [7, 11) is 0. The summed E-state index contributed by atoms with van der Waals surface area (Å²) in [4.78, 5) is 21.8. The van der Waals surface area contributed by atoms with E-state index >= 15 is 0 Å². The molecule has 0 fully saturated rings. The first-order chi connectivity index (χ1) is 7.20. The van der Waals surface area contributed by atoms with Gasteiger partial charge in [-0.2, -0.15) is 0 Å². The Morgan fingerprint density at radius 3 is 2.33 bits per heavy atom. The van der Waals surface area contributed by atoms with Crippen LogP contribution in [0.3, 0.4) is 0 Å². The molecule has 0 spiro atoms. The summed E-state index contributed by atoms with van der Waals surface area (Å²) < 4.78 is 14.3. The van der Waals surface area contributed by atoms with E-state index in [0.717, 1.165) is 0 Å². The van der Waals surface area contributed by atoms with Crippen LogP contribution in [-0.2, 0) is 23.8 Å². The standard InChI is InChI=1S/C10H18O5/c1-3-13-7-5-6-9(11)15-8-10(12)14-4-2/h3-8H2,1-2H3. The highest BCUT2D eigenvalue weighted by Gasteiger charge is 2.07. The fourth-order valence-corrected chi connectivity index (χ4v) is 0.877. The Morgan fingerprint density at radius 2 is 1.73 bits per heavy atom. The molecule has 0 aliphatic heterocycles. The summed E-state index contributed by atoms with van der Waals surface area (Å²) in [5.41, 5.74) is 0. The van der Waals surface area contributed by atoms with Gasteiger partial charge in [0.15, 0.2) is 6.61 Å². The molecule has 0 aliphatic rings. The summed E-state index contributed by atoms with van der Waals surface area (Å²) >= 11 is 0. The number of hydrogen-bond donors (Lipinski definition) is 0. The van der Waals surface area contributed by atoms with Gasteiger partial charge in [0.1, 0.15) is 0 Å². The van der Waals surface area contributed by atoms with Gasteiger partial charge >= 0.3 is 11.9 Å². The zero-order valence-corrected chi connectivity index (χ0v) is 9.28. The fraction of sp³-hybridized carbons (Fsp3) is 0.800. The lowest BCUT2D eigenvalue weighted by Gasteiger charge is -2.04. The lowest BCUT2D eigenvalue weighted by molar-refractivity contribution is -0.158. The van der Waals surface area contributed by atoms with Crippen molar-refractivity contribution in [2.24, 2.45) is 0 Å². The van der Waals surface area contributed by atoms with Gasteiger partial charge in [-0.3, -0.25) is 4.79 Å². The van der Waals surface area contributed by atoms with Crippen LogP contribution in [0.15, 0.2) is 0 Å². The maximum Gasteiger partial charge on any atom is 0.344 e. The molecule has 0 N–H and O–H groups in total. The van der Waals surface area contributed by atoms with Crippen LogP contribution in [0.4, 0.5) is 0 Å². The molecule has 0 saturated carbocycles. The Morgan fingerprint density at radius 1 is 1.00 bits per heavy atom. The first-order valence-electron chi connectivity index (χ1n) is 5.09. The largest absolute Gasteiger partial charge is 0.463 e. The van der Waals surface area contributed by atoms with Gasteiger partial charge in [0.2, 0.25) is 0 Å². The summed E-state index contributed by atoms with van der Waals surface area (Å²) in [6.45, 7) is 4.74. The second-order valence-electron chi connectivity index (χ2n) is 2.77. The van der Waals surface area contributed by atoms with E-state index in [1.165, 1.54) is 0 Å². The average molecular weight is 218 g/mol. The molecule has 0 atom stereocenters. The van der Waals surface area contributed by atoms with Crippen molar-refractivity contribution in [2.75, 3.05) is 26.4 Å². The highest BCUT2D eigenvalue weighted by atomic mass is 16.6. The Balaban J connectivity index is 3.36. The normalized spacial score (nSPS) is 9.73. The lowest BCUT2D eigenvalue weighted by Crippen LogP contribution is -2.16. The Labute approximate surface area is 89.7 Å². The summed E-state index contributed by atoms with van der Waals surface area (Å²) in [5, 5.41) is 0. The van der Waals surface area contributed by atoms with E-state index in [1.807, 2.05) is 6.92 Å². The molecule has 0 rings (SSSR count). The zero-order valence-electron chi connectivity index (χ0n) is 9.28. The van der Waals surface area contributed by atoms with Gasteiger partial charge in [-0.1, -0.05) is 0 Å². The van der Waals surface area contributed by atoms with Gasteiger partial charge in [0, 0.05) is 19.6 Å². The summed E-state index contributed by atoms with van der Waals surface area (Å²) in [6.07, 6.45) is 0.870. The number of rotatable bonds is 8. The molecule has 0 saturated heterocycles. The highest BCUT2D eigenvalue weighted by molar-refractivity contribution is 5.76. The molecule has 5 heteroatoms. The minimum atomic E-state index is -0.518. The molecule has 0 aromatic heterocycles. The third-order valence-corrected chi connectivity index (χ3v) is 1.53. The fourth-order valence-electron chi connectivity index (χ4n) is 0.877. The third kappa shape index (κ3) is 9.21. The quantitative estimate of drug-likeness (QED) is 0.447.